The van der Waals surface area contributed by atoms with Crippen LogP contribution >= 0.6 is 0 Å². The molecule has 0 aliphatic heterocycles. The summed E-state index contributed by atoms with van der Waals surface area (Å²) in [5.41, 5.74) is 10.7. The van der Waals surface area contributed by atoms with E-state index in [1.807, 2.05) is 12.1 Å². The molecule has 2 rings (SSSR count). The fraction of sp³-hybridized carbons (Fsp3) is 0.429. The third-order valence-electron chi connectivity index (χ3n) is 3.11. The maximum Gasteiger partial charge on any atom is 0.0576 e. The first-order valence-corrected chi connectivity index (χ1v) is 6.03. The molecular weight excluding hydrogens is 196 g/mol. The number of aryl methyl sites for hydroxylation is 1. The second kappa shape index (κ2) is 5.06. The van der Waals surface area contributed by atoms with Gasteiger partial charge in [-0.1, -0.05) is 17.7 Å². The van der Waals surface area contributed by atoms with Gasteiger partial charge in [0.2, 0.25) is 0 Å². The van der Waals surface area contributed by atoms with Gasteiger partial charge in [0.05, 0.1) is 11.4 Å². The molecule has 1 aromatic carbocycles. The van der Waals surface area contributed by atoms with E-state index >= 15 is 0 Å². The zero-order valence-electron chi connectivity index (χ0n) is 9.92. The lowest BCUT2D eigenvalue weighted by atomic mass is 10.1. The Hall–Kier alpha value is -1.44. The van der Waals surface area contributed by atoms with Gasteiger partial charge in [-0.15, -0.1) is 0 Å². The molecule has 0 fully saturated rings. The first kappa shape index (κ1) is 11.1. The largest absolute Gasteiger partial charge is 0.397 e. The molecule has 0 radical (unpaired) electrons. The lowest BCUT2D eigenvalue weighted by Crippen LogP contribution is -2.05. The first-order chi connectivity index (χ1) is 7.75. The van der Waals surface area contributed by atoms with E-state index in [1.54, 1.807) is 5.57 Å². The molecule has 0 saturated heterocycles. The number of hydrogen-bond donors (Lipinski definition) is 2. The molecule has 1 aliphatic rings. The Morgan fingerprint density at radius 2 is 2.25 bits per heavy atom. The molecule has 16 heavy (non-hydrogen) atoms. The molecule has 0 amide bonds. The number of nitrogen functional groups attached to an aromatic ring is 1. The molecule has 0 saturated carbocycles. The summed E-state index contributed by atoms with van der Waals surface area (Å²) >= 11 is 0. The average Bonchev–Trinajstić information content (AvgIpc) is 2.76. The summed E-state index contributed by atoms with van der Waals surface area (Å²) in [7, 11) is 0. The molecule has 2 heteroatoms. The van der Waals surface area contributed by atoms with Crippen LogP contribution < -0.4 is 11.1 Å². The molecule has 3 N–H and O–H groups in total. The van der Waals surface area contributed by atoms with E-state index in [0.717, 1.165) is 24.3 Å². The maximum atomic E-state index is 5.91. The number of nitrogens with two attached hydrogens (primary N) is 1. The number of allylic oxidation sites excluding steroid dienone is 1. The Morgan fingerprint density at radius 1 is 1.38 bits per heavy atom. The monoisotopic (exact) mass is 216 g/mol. The van der Waals surface area contributed by atoms with Crippen molar-refractivity contribution in [3.63, 3.8) is 0 Å². The number of nitrogens with one attached hydrogen (secondary N) is 1. The highest BCUT2D eigenvalue weighted by molar-refractivity contribution is 5.66. The predicted octanol–water partition coefficient (Wildman–Crippen LogP) is 3.49. The molecule has 1 aromatic rings. The molecule has 86 valence electrons. The smallest absolute Gasteiger partial charge is 0.0576 e. The van der Waals surface area contributed by atoms with Crippen LogP contribution in [0.1, 0.15) is 31.2 Å². The van der Waals surface area contributed by atoms with Crippen molar-refractivity contribution in [1.82, 2.24) is 0 Å². The minimum Gasteiger partial charge on any atom is -0.397 e. The molecule has 0 bridgehead atoms. The van der Waals surface area contributed by atoms with Crippen molar-refractivity contribution in [3.8, 4) is 0 Å². The second-order valence-corrected chi connectivity index (χ2v) is 4.52. The molecule has 0 aromatic heterocycles. The van der Waals surface area contributed by atoms with Gasteiger partial charge in [-0.2, -0.15) is 0 Å². The van der Waals surface area contributed by atoms with Gasteiger partial charge in [-0.25, -0.2) is 0 Å². The van der Waals surface area contributed by atoms with Crippen molar-refractivity contribution in [2.45, 2.75) is 32.6 Å². The van der Waals surface area contributed by atoms with E-state index in [0.29, 0.717) is 0 Å². The lowest BCUT2D eigenvalue weighted by Gasteiger charge is -2.10. The molecular formula is C14H20N2. The highest BCUT2D eigenvalue weighted by Gasteiger charge is 2.04. The summed E-state index contributed by atoms with van der Waals surface area (Å²) in [6.07, 6.45) is 7.41. The number of anilines is 2. The summed E-state index contributed by atoms with van der Waals surface area (Å²) < 4.78 is 0. The zero-order chi connectivity index (χ0) is 11.4. The van der Waals surface area contributed by atoms with Crippen molar-refractivity contribution in [2.75, 3.05) is 17.6 Å². The van der Waals surface area contributed by atoms with Crippen LogP contribution in [0.25, 0.3) is 0 Å². The second-order valence-electron chi connectivity index (χ2n) is 4.52. The topological polar surface area (TPSA) is 38.0 Å². The first-order valence-electron chi connectivity index (χ1n) is 6.03. The van der Waals surface area contributed by atoms with Crippen molar-refractivity contribution < 1.29 is 0 Å². The lowest BCUT2D eigenvalue weighted by molar-refractivity contribution is 0.863. The van der Waals surface area contributed by atoms with E-state index in [4.69, 9.17) is 5.73 Å². The fourth-order valence-electron chi connectivity index (χ4n) is 2.15. The van der Waals surface area contributed by atoms with Crippen molar-refractivity contribution in [2.24, 2.45) is 0 Å². The minimum atomic E-state index is 0.839. The summed E-state index contributed by atoms with van der Waals surface area (Å²) in [6, 6.07) is 6.12. The van der Waals surface area contributed by atoms with Crippen LogP contribution in [0.3, 0.4) is 0 Å². The zero-order valence-corrected chi connectivity index (χ0v) is 9.92. The maximum absolute atomic E-state index is 5.91. The number of hydrogen-bond acceptors (Lipinski definition) is 2. The Balaban J connectivity index is 1.86. The summed E-state index contributed by atoms with van der Waals surface area (Å²) in [6.45, 7) is 3.07. The van der Waals surface area contributed by atoms with Gasteiger partial charge in [0.25, 0.3) is 0 Å². The highest BCUT2D eigenvalue weighted by Crippen LogP contribution is 2.22. The third kappa shape index (κ3) is 2.78. The Morgan fingerprint density at radius 3 is 3.00 bits per heavy atom. The Kier molecular flexibility index (Phi) is 3.50. The molecule has 1 aliphatic carbocycles. The van der Waals surface area contributed by atoms with Crippen molar-refractivity contribution >= 4 is 11.4 Å². The predicted molar refractivity (Wildman–Crippen MR) is 70.6 cm³/mol. The van der Waals surface area contributed by atoms with Gasteiger partial charge in [0.15, 0.2) is 0 Å². The van der Waals surface area contributed by atoms with Crippen LogP contribution in [0.4, 0.5) is 11.4 Å². The average molecular weight is 216 g/mol. The van der Waals surface area contributed by atoms with E-state index in [2.05, 4.69) is 24.4 Å². The van der Waals surface area contributed by atoms with E-state index < -0.39 is 0 Å². The summed E-state index contributed by atoms with van der Waals surface area (Å²) in [5.74, 6) is 0. The van der Waals surface area contributed by atoms with Gasteiger partial charge in [-0.3, -0.25) is 0 Å². The summed E-state index contributed by atoms with van der Waals surface area (Å²) in [4.78, 5) is 0. The number of rotatable bonds is 4. The number of benzene rings is 1. The van der Waals surface area contributed by atoms with E-state index in [-0.39, 0.29) is 0 Å². The summed E-state index contributed by atoms with van der Waals surface area (Å²) in [5, 5.41) is 3.41. The van der Waals surface area contributed by atoms with E-state index in [9.17, 15) is 0 Å². The molecule has 0 unspecified atom stereocenters. The van der Waals surface area contributed by atoms with Crippen molar-refractivity contribution in [3.05, 3.63) is 35.4 Å². The molecule has 0 atom stereocenters. The van der Waals surface area contributed by atoms with Crippen LogP contribution in [0.5, 0.6) is 0 Å². The molecule has 2 nitrogen and oxygen atoms in total. The fourth-order valence-corrected chi connectivity index (χ4v) is 2.15. The van der Waals surface area contributed by atoms with Crippen LogP contribution in [0, 0.1) is 6.92 Å². The van der Waals surface area contributed by atoms with Crippen LogP contribution in [0.2, 0.25) is 0 Å². The van der Waals surface area contributed by atoms with Gasteiger partial charge in [-0.05, 0) is 50.3 Å². The van der Waals surface area contributed by atoms with Gasteiger partial charge in [0, 0.05) is 6.54 Å². The standard InChI is InChI=1S/C14H20N2/c1-11-6-7-13(15)14(10-11)16-9-8-12-4-2-3-5-12/h4,6-7,10,16H,2-3,5,8-9,15H2,1H3. The van der Waals surface area contributed by atoms with Crippen LogP contribution in [-0.2, 0) is 0 Å². The SMILES string of the molecule is Cc1ccc(N)c(NCCC2=CCCC2)c1. The quantitative estimate of drug-likeness (QED) is 0.597. The van der Waals surface area contributed by atoms with Gasteiger partial charge < -0.3 is 11.1 Å². The van der Waals surface area contributed by atoms with E-state index in [1.165, 1.54) is 24.8 Å². The minimum absolute atomic E-state index is 0.839. The van der Waals surface area contributed by atoms with Crippen LogP contribution in [0.15, 0.2) is 29.8 Å². The van der Waals surface area contributed by atoms with Crippen molar-refractivity contribution in [1.29, 1.82) is 0 Å². The van der Waals surface area contributed by atoms with Gasteiger partial charge in [0.1, 0.15) is 0 Å². The Bertz CT molecular complexity index is 394. The van der Waals surface area contributed by atoms with Gasteiger partial charge >= 0.3 is 0 Å². The normalized spacial score (nSPS) is 14.9. The molecule has 0 heterocycles. The highest BCUT2D eigenvalue weighted by atomic mass is 14.9. The van der Waals surface area contributed by atoms with Crippen LogP contribution in [-0.4, -0.2) is 6.54 Å². The third-order valence-corrected chi connectivity index (χ3v) is 3.11. The Labute approximate surface area is 97.5 Å². The molecule has 0 spiro atoms.